The highest BCUT2D eigenvalue weighted by Gasteiger charge is 2.37. The van der Waals surface area contributed by atoms with Gasteiger partial charge in [-0.25, -0.2) is 4.58 Å². The molecule has 3 N–H and O–H groups in total. The zero-order chi connectivity index (χ0) is 27.4. The third kappa shape index (κ3) is 9.85. The maximum atomic E-state index is 12.8. The van der Waals surface area contributed by atoms with Crippen molar-refractivity contribution in [3.63, 3.8) is 0 Å². The summed E-state index contributed by atoms with van der Waals surface area (Å²) in [7, 11) is 0. The van der Waals surface area contributed by atoms with Crippen molar-refractivity contribution in [2.45, 2.75) is 32.1 Å². The number of hydrogen-bond donors (Lipinski definition) is 3. The number of thioether (sulfide) groups is 1. The van der Waals surface area contributed by atoms with Crippen LogP contribution in [0.1, 0.15) is 25.8 Å². The van der Waals surface area contributed by atoms with Gasteiger partial charge in [-0.05, 0) is 36.3 Å². The third-order valence-electron chi connectivity index (χ3n) is 6.14. The van der Waals surface area contributed by atoms with Crippen molar-refractivity contribution >= 4 is 40.8 Å². The Hall–Kier alpha value is -2.76. The third-order valence-corrected chi connectivity index (χ3v) is 7.12. The van der Waals surface area contributed by atoms with E-state index < -0.39 is 5.79 Å². The molecular formula is C28H38N3O6S+. The number of ether oxygens (including phenoxy) is 2. The van der Waals surface area contributed by atoms with E-state index in [0.717, 1.165) is 16.8 Å². The summed E-state index contributed by atoms with van der Waals surface area (Å²) in [6.45, 7) is 5.37. The van der Waals surface area contributed by atoms with Crippen LogP contribution < -0.4 is 10.2 Å². The molecule has 9 nitrogen and oxygen atoms in total. The molecule has 1 aromatic rings. The molecule has 0 spiro atoms. The van der Waals surface area contributed by atoms with Crippen LogP contribution in [0.2, 0.25) is 0 Å². The molecule has 206 valence electrons. The van der Waals surface area contributed by atoms with Gasteiger partial charge in [-0.15, -0.1) is 0 Å². The Morgan fingerprint density at radius 1 is 1.18 bits per heavy atom. The van der Waals surface area contributed by atoms with E-state index in [-0.39, 0.29) is 43.6 Å². The van der Waals surface area contributed by atoms with Crippen LogP contribution in [0.4, 0.5) is 5.69 Å². The summed E-state index contributed by atoms with van der Waals surface area (Å²) in [5.74, 6) is -0.394. The van der Waals surface area contributed by atoms with Gasteiger partial charge in [-0.3, -0.25) is 9.59 Å². The average molecular weight is 545 g/mol. The molecule has 0 bridgehead atoms. The summed E-state index contributed by atoms with van der Waals surface area (Å²) >= 11 is 1.18. The van der Waals surface area contributed by atoms with Crippen LogP contribution in [0.15, 0.2) is 54.1 Å². The first-order chi connectivity index (χ1) is 18.3. The van der Waals surface area contributed by atoms with Crippen molar-refractivity contribution < 1.29 is 33.9 Å². The van der Waals surface area contributed by atoms with Crippen molar-refractivity contribution in [1.82, 2.24) is 5.32 Å². The number of carbonyl (C=O) groups is 2. The maximum Gasteiger partial charge on any atom is 0.285 e. The van der Waals surface area contributed by atoms with Crippen molar-refractivity contribution in [3.8, 4) is 0 Å². The van der Waals surface area contributed by atoms with E-state index >= 15 is 0 Å². The molecule has 2 heterocycles. The summed E-state index contributed by atoms with van der Waals surface area (Å²) in [5, 5.41) is 21.5. The zero-order valence-corrected chi connectivity index (χ0v) is 22.9. The average Bonchev–Trinajstić information content (AvgIpc) is 3.10. The van der Waals surface area contributed by atoms with Gasteiger partial charge in [0.15, 0.2) is 30.5 Å². The van der Waals surface area contributed by atoms with E-state index in [1.165, 1.54) is 18.7 Å². The van der Waals surface area contributed by atoms with Gasteiger partial charge in [0.05, 0.1) is 13.2 Å². The first-order valence-electron chi connectivity index (χ1n) is 12.7. The number of amides is 1. The second kappa shape index (κ2) is 15.0. The Kier molecular flexibility index (Phi) is 11.8. The van der Waals surface area contributed by atoms with Crippen LogP contribution in [-0.4, -0.2) is 95.8 Å². The fraction of sp³-hybridized carbons (Fsp3) is 0.464. The summed E-state index contributed by atoms with van der Waals surface area (Å²) in [4.78, 5) is 26.2. The van der Waals surface area contributed by atoms with Gasteiger partial charge < -0.3 is 29.9 Å². The Balaban J connectivity index is 1.56. The van der Waals surface area contributed by atoms with E-state index in [9.17, 15) is 19.8 Å². The van der Waals surface area contributed by atoms with Crippen LogP contribution >= 0.6 is 11.8 Å². The Bertz CT molecular complexity index is 1060. The molecule has 1 saturated heterocycles. The number of nitrogens with one attached hydrogen (secondary N) is 1. The molecule has 1 aromatic carbocycles. The van der Waals surface area contributed by atoms with Gasteiger partial charge in [-0.1, -0.05) is 42.1 Å². The fourth-order valence-electron chi connectivity index (χ4n) is 4.11. The van der Waals surface area contributed by atoms with E-state index in [2.05, 4.69) is 5.32 Å². The minimum absolute atomic E-state index is 0.00266. The predicted octanol–water partition coefficient (Wildman–Crippen LogP) is 1.95. The van der Waals surface area contributed by atoms with Crippen LogP contribution in [-0.2, 0) is 19.1 Å². The summed E-state index contributed by atoms with van der Waals surface area (Å²) < 4.78 is 12.9. The van der Waals surface area contributed by atoms with Gasteiger partial charge in [0.1, 0.15) is 0 Å². The standard InChI is InChI=1S/C28H37N3O6S/c1-22(34)38-20-25(18-28(2)36-21-37-28)29-27(35)19-30-12-3-4-23(11-13-30)5-6-24-7-9-26(10-8-24)31(14-16-32)15-17-33/h3-11,13,25,32-33H,12,14-21H2,1-2H3/p+1. The Morgan fingerprint density at radius 3 is 2.50 bits per heavy atom. The molecule has 1 fully saturated rings. The summed E-state index contributed by atoms with van der Waals surface area (Å²) in [6.07, 6.45) is 12.4. The lowest BCUT2D eigenvalue weighted by Crippen LogP contribution is -2.51. The first-order valence-corrected chi connectivity index (χ1v) is 13.7. The fourth-order valence-corrected chi connectivity index (χ4v) is 4.75. The molecule has 38 heavy (non-hydrogen) atoms. The number of nitrogens with zero attached hydrogens (tertiary/aromatic N) is 2. The van der Waals surface area contributed by atoms with E-state index in [1.807, 2.05) is 77.3 Å². The molecular weight excluding hydrogens is 506 g/mol. The molecule has 10 heteroatoms. The summed E-state index contributed by atoms with van der Waals surface area (Å²) in [5.41, 5.74) is 2.98. The highest BCUT2D eigenvalue weighted by Crippen LogP contribution is 2.28. The number of rotatable bonds is 14. The summed E-state index contributed by atoms with van der Waals surface area (Å²) in [6, 6.07) is 7.69. The lowest BCUT2D eigenvalue weighted by atomic mass is 10.1. The van der Waals surface area contributed by atoms with E-state index in [1.54, 1.807) is 0 Å². The highest BCUT2D eigenvalue weighted by atomic mass is 32.2. The van der Waals surface area contributed by atoms with Gasteiger partial charge in [0.25, 0.3) is 5.91 Å². The quantitative estimate of drug-likeness (QED) is 0.305. The number of carbonyl (C=O) groups excluding carboxylic acids is 2. The maximum absolute atomic E-state index is 12.8. The lowest BCUT2D eigenvalue weighted by Gasteiger charge is -2.40. The Morgan fingerprint density at radius 2 is 1.89 bits per heavy atom. The van der Waals surface area contributed by atoms with Gasteiger partial charge >= 0.3 is 0 Å². The molecule has 1 atom stereocenters. The smallest absolute Gasteiger partial charge is 0.285 e. The van der Waals surface area contributed by atoms with Crippen LogP contribution in [0.3, 0.4) is 0 Å². The number of anilines is 1. The lowest BCUT2D eigenvalue weighted by molar-refractivity contribution is -0.500. The number of hydrogen-bond acceptors (Lipinski definition) is 8. The second-order valence-corrected chi connectivity index (χ2v) is 10.5. The molecule has 0 saturated carbocycles. The Labute approximate surface area is 228 Å². The van der Waals surface area contributed by atoms with Crippen molar-refractivity contribution in [2.75, 3.05) is 56.8 Å². The number of aliphatic hydroxyl groups is 2. The number of benzene rings is 1. The van der Waals surface area contributed by atoms with Crippen molar-refractivity contribution in [2.24, 2.45) is 0 Å². The minimum atomic E-state index is -0.727. The number of allylic oxidation sites excluding steroid dienone is 4. The first kappa shape index (κ1) is 29.8. The molecule has 1 unspecified atom stereocenters. The SMILES string of the molecule is CC(=O)SCC(CC1(C)OCO1)NC(=O)C[N+]1=CC=C(/C=C/c2ccc(N(CCO)CCO)cc2)C=CC1. The largest absolute Gasteiger partial charge is 0.395 e. The van der Waals surface area contributed by atoms with Crippen LogP contribution in [0.5, 0.6) is 0 Å². The van der Waals surface area contributed by atoms with Gasteiger partial charge in [-0.2, -0.15) is 0 Å². The normalized spacial score (nSPS) is 17.3. The number of aliphatic hydroxyl groups excluding tert-OH is 2. The molecule has 0 aliphatic carbocycles. The monoisotopic (exact) mass is 544 g/mol. The minimum Gasteiger partial charge on any atom is -0.395 e. The van der Waals surface area contributed by atoms with Crippen molar-refractivity contribution in [1.29, 1.82) is 0 Å². The predicted molar refractivity (Wildman–Crippen MR) is 150 cm³/mol. The molecule has 3 rings (SSSR count). The second-order valence-electron chi connectivity index (χ2n) is 9.32. The molecule has 0 radical (unpaired) electrons. The zero-order valence-electron chi connectivity index (χ0n) is 22.0. The molecule has 2 aliphatic rings. The van der Waals surface area contributed by atoms with E-state index in [0.29, 0.717) is 31.8 Å². The van der Waals surface area contributed by atoms with Crippen LogP contribution in [0.25, 0.3) is 6.08 Å². The van der Waals surface area contributed by atoms with Crippen LogP contribution in [0, 0.1) is 0 Å². The van der Waals surface area contributed by atoms with Crippen molar-refractivity contribution in [3.05, 3.63) is 59.7 Å². The van der Waals surface area contributed by atoms with Gasteiger partial charge in [0, 0.05) is 50.0 Å². The molecule has 1 amide bonds. The molecule has 2 aliphatic heterocycles. The molecule has 0 aromatic heterocycles. The van der Waals surface area contributed by atoms with Gasteiger partial charge in [0.2, 0.25) is 6.54 Å². The topological polar surface area (TPSA) is 111 Å². The van der Waals surface area contributed by atoms with E-state index in [4.69, 9.17) is 9.47 Å². The highest BCUT2D eigenvalue weighted by molar-refractivity contribution is 8.13.